The van der Waals surface area contributed by atoms with Gasteiger partial charge >= 0.3 is 0 Å². The van der Waals surface area contributed by atoms with Gasteiger partial charge < -0.3 is 9.47 Å². The average Bonchev–Trinajstić information content (AvgIpc) is 2.46. The van der Waals surface area contributed by atoms with Crippen LogP contribution in [-0.4, -0.2) is 26.5 Å². The molecule has 0 radical (unpaired) electrons. The minimum atomic E-state index is 0.200. The molecule has 1 aromatic rings. The van der Waals surface area contributed by atoms with Gasteiger partial charge in [0.15, 0.2) is 0 Å². The van der Waals surface area contributed by atoms with E-state index in [1.165, 1.54) is 0 Å². The molecule has 0 aliphatic heterocycles. The molecule has 0 saturated carbocycles. The van der Waals surface area contributed by atoms with Crippen LogP contribution in [0.4, 0.5) is 0 Å². The lowest BCUT2D eigenvalue weighted by Gasteiger charge is -2.11. The lowest BCUT2D eigenvalue weighted by molar-refractivity contribution is 0.303. The normalized spacial score (nSPS) is 18.8. The van der Waals surface area contributed by atoms with Gasteiger partial charge in [0.25, 0.3) is 0 Å². The summed E-state index contributed by atoms with van der Waals surface area (Å²) in [6.07, 6.45) is 8.83. The van der Waals surface area contributed by atoms with Gasteiger partial charge in [0.2, 0.25) is 0 Å². The lowest BCUT2D eigenvalue weighted by atomic mass is 10.1. The maximum absolute atomic E-state index is 5.14. The molecule has 0 fully saturated rings. The van der Waals surface area contributed by atoms with E-state index >= 15 is 0 Å². The number of methoxy groups -OCH3 is 2. The van der Waals surface area contributed by atoms with Gasteiger partial charge in [-0.1, -0.05) is 6.08 Å². The Bertz CT molecular complexity index is 472. The minimum absolute atomic E-state index is 0.200. The Morgan fingerprint density at radius 1 is 1.17 bits per heavy atom. The summed E-state index contributed by atoms with van der Waals surface area (Å²) in [7, 11) is 3.34. The number of hydrogen-bond donors (Lipinski definition) is 0. The van der Waals surface area contributed by atoms with Gasteiger partial charge in [-0.25, -0.2) is 0 Å². The van der Waals surface area contributed by atoms with Gasteiger partial charge in [-0.15, -0.1) is 0 Å². The Labute approximate surface area is 107 Å². The monoisotopic (exact) mass is 243 g/mol. The zero-order chi connectivity index (χ0) is 12.8. The van der Waals surface area contributed by atoms with Crippen molar-refractivity contribution in [2.45, 2.75) is 12.5 Å². The van der Waals surface area contributed by atoms with E-state index in [0.29, 0.717) is 0 Å². The van der Waals surface area contributed by atoms with Crippen molar-refractivity contribution in [2.24, 2.45) is 4.99 Å². The number of allylic oxidation sites excluding steroid dienone is 1. The Morgan fingerprint density at radius 3 is 2.50 bits per heavy atom. The molecule has 1 aliphatic carbocycles. The molecule has 0 heterocycles. The van der Waals surface area contributed by atoms with Crippen LogP contribution in [0.15, 0.2) is 53.2 Å². The third-order valence-electron chi connectivity index (χ3n) is 2.81. The van der Waals surface area contributed by atoms with Crippen LogP contribution in [0, 0.1) is 0 Å². The Kier molecular flexibility index (Phi) is 4.18. The quantitative estimate of drug-likeness (QED) is 0.761. The summed E-state index contributed by atoms with van der Waals surface area (Å²) >= 11 is 0. The van der Waals surface area contributed by atoms with E-state index < -0.39 is 0 Å². The number of rotatable bonds is 4. The van der Waals surface area contributed by atoms with Crippen LogP contribution in [0.3, 0.4) is 0 Å². The Hall–Kier alpha value is -2.03. The number of aliphatic imine (C=N–C) groups is 1. The topological polar surface area (TPSA) is 30.8 Å². The molecule has 1 aromatic carbocycles. The second-order valence-electron chi connectivity index (χ2n) is 4.02. The molecule has 0 aromatic heterocycles. The van der Waals surface area contributed by atoms with Crippen LogP contribution < -0.4 is 4.74 Å². The van der Waals surface area contributed by atoms with E-state index in [2.05, 4.69) is 17.1 Å². The highest BCUT2D eigenvalue weighted by molar-refractivity contribution is 5.80. The van der Waals surface area contributed by atoms with E-state index in [-0.39, 0.29) is 6.04 Å². The SMILES string of the molecule is COC1=CCC(N=Cc2ccc(OC)cc2)C=C1. The number of hydrogen-bond acceptors (Lipinski definition) is 3. The third kappa shape index (κ3) is 3.23. The van der Waals surface area contributed by atoms with Crippen molar-refractivity contribution in [3.8, 4) is 5.75 Å². The lowest BCUT2D eigenvalue weighted by Crippen LogP contribution is -2.04. The largest absolute Gasteiger partial charge is 0.497 e. The van der Waals surface area contributed by atoms with Gasteiger partial charge in [0.1, 0.15) is 11.5 Å². The van der Waals surface area contributed by atoms with Gasteiger partial charge in [-0.3, -0.25) is 4.99 Å². The minimum Gasteiger partial charge on any atom is -0.497 e. The Morgan fingerprint density at radius 2 is 1.94 bits per heavy atom. The van der Waals surface area contributed by atoms with E-state index in [9.17, 15) is 0 Å². The van der Waals surface area contributed by atoms with Crippen LogP contribution in [0.1, 0.15) is 12.0 Å². The fourth-order valence-electron chi connectivity index (χ4n) is 1.72. The van der Waals surface area contributed by atoms with E-state index in [1.807, 2.05) is 36.6 Å². The molecule has 1 atom stereocenters. The summed E-state index contributed by atoms with van der Waals surface area (Å²) in [6.45, 7) is 0. The molecule has 2 rings (SSSR count). The van der Waals surface area contributed by atoms with Crippen molar-refractivity contribution in [3.63, 3.8) is 0 Å². The second-order valence-corrected chi connectivity index (χ2v) is 4.02. The summed E-state index contributed by atoms with van der Waals surface area (Å²) in [5.41, 5.74) is 1.07. The number of benzene rings is 1. The molecule has 0 amide bonds. The van der Waals surface area contributed by atoms with Crippen LogP contribution >= 0.6 is 0 Å². The first-order valence-corrected chi connectivity index (χ1v) is 5.91. The molecule has 0 spiro atoms. The summed E-state index contributed by atoms with van der Waals surface area (Å²) in [5, 5.41) is 0. The molecular weight excluding hydrogens is 226 g/mol. The number of nitrogens with zero attached hydrogens (tertiary/aromatic N) is 1. The predicted molar refractivity (Wildman–Crippen MR) is 73.2 cm³/mol. The molecule has 0 saturated heterocycles. The molecule has 0 bridgehead atoms. The van der Waals surface area contributed by atoms with Crippen LogP contribution in [-0.2, 0) is 4.74 Å². The first-order chi connectivity index (χ1) is 8.81. The Balaban J connectivity index is 1.95. The summed E-state index contributed by atoms with van der Waals surface area (Å²) in [4.78, 5) is 4.52. The number of ether oxygens (including phenoxy) is 2. The van der Waals surface area contributed by atoms with Crippen molar-refractivity contribution < 1.29 is 9.47 Å². The summed E-state index contributed by atoms with van der Waals surface area (Å²) < 4.78 is 10.2. The molecule has 3 nitrogen and oxygen atoms in total. The van der Waals surface area contributed by atoms with Crippen LogP contribution in [0.25, 0.3) is 0 Å². The predicted octanol–water partition coefficient (Wildman–Crippen LogP) is 2.97. The van der Waals surface area contributed by atoms with Crippen molar-refractivity contribution in [2.75, 3.05) is 14.2 Å². The highest BCUT2D eigenvalue weighted by Crippen LogP contribution is 2.14. The standard InChI is InChI=1S/C15H17NO2/c1-17-14-7-3-12(4-8-14)11-16-13-5-9-15(18-2)10-6-13/h3-5,7-11,13H,6H2,1-2H3. The third-order valence-corrected chi connectivity index (χ3v) is 2.81. The average molecular weight is 243 g/mol. The molecule has 1 unspecified atom stereocenters. The smallest absolute Gasteiger partial charge is 0.118 e. The van der Waals surface area contributed by atoms with Crippen LogP contribution in [0.5, 0.6) is 5.75 Å². The van der Waals surface area contributed by atoms with Gasteiger partial charge in [-0.2, -0.15) is 0 Å². The molecule has 0 N–H and O–H groups in total. The van der Waals surface area contributed by atoms with Crippen molar-refractivity contribution in [1.82, 2.24) is 0 Å². The highest BCUT2D eigenvalue weighted by atomic mass is 16.5. The fraction of sp³-hybridized carbons (Fsp3) is 0.267. The molecule has 1 aliphatic rings. The van der Waals surface area contributed by atoms with Crippen molar-refractivity contribution in [3.05, 3.63) is 53.8 Å². The van der Waals surface area contributed by atoms with Crippen molar-refractivity contribution >= 4 is 6.21 Å². The van der Waals surface area contributed by atoms with Crippen molar-refractivity contribution in [1.29, 1.82) is 0 Å². The van der Waals surface area contributed by atoms with E-state index in [0.717, 1.165) is 23.5 Å². The van der Waals surface area contributed by atoms with Gasteiger partial charge in [0, 0.05) is 6.21 Å². The fourth-order valence-corrected chi connectivity index (χ4v) is 1.72. The summed E-state index contributed by atoms with van der Waals surface area (Å²) in [6, 6.07) is 8.05. The molecule has 94 valence electrons. The maximum atomic E-state index is 5.14. The van der Waals surface area contributed by atoms with E-state index in [1.54, 1.807) is 14.2 Å². The first-order valence-electron chi connectivity index (χ1n) is 5.91. The van der Waals surface area contributed by atoms with Gasteiger partial charge in [-0.05, 0) is 48.4 Å². The zero-order valence-electron chi connectivity index (χ0n) is 10.7. The molecule has 3 heteroatoms. The highest BCUT2D eigenvalue weighted by Gasteiger charge is 2.05. The molecular formula is C15H17NO2. The van der Waals surface area contributed by atoms with E-state index in [4.69, 9.17) is 9.47 Å². The van der Waals surface area contributed by atoms with Crippen LogP contribution in [0.2, 0.25) is 0 Å². The second kappa shape index (κ2) is 6.05. The zero-order valence-corrected chi connectivity index (χ0v) is 10.7. The van der Waals surface area contributed by atoms with Gasteiger partial charge in [0.05, 0.1) is 20.3 Å². The first kappa shape index (κ1) is 12.4. The maximum Gasteiger partial charge on any atom is 0.118 e. The summed E-state index contributed by atoms with van der Waals surface area (Å²) in [5.74, 6) is 1.77. The molecule has 18 heavy (non-hydrogen) atoms.